The van der Waals surface area contributed by atoms with Crippen molar-refractivity contribution < 1.29 is 51.8 Å². The highest BCUT2D eigenvalue weighted by Gasteiger charge is 2.33. The Kier molecular flexibility index (Phi) is 24.5. The van der Waals surface area contributed by atoms with Crippen molar-refractivity contribution in [2.45, 2.75) is 84.0 Å². The average molecular weight is 1120 g/mol. The third kappa shape index (κ3) is 18.2. The zero-order chi connectivity index (χ0) is 54.7. The molecular weight excluding hydrogens is 1070 g/mol. The van der Waals surface area contributed by atoms with Gasteiger partial charge in [0.15, 0.2) is 4.84 Å². The van der Waals surface area contributed by atoms with Crippen LogP contribution in [0.2, 0.25) is 10.3 Å². The number of nitro benzene ring substituents is 1. The number of hydrogen-bond donors (Lipinski definition) is 3. The molecule has 0 saturated heterocycles. The molecule has 3 N–H and O–H groups in total. The zero-order valence-corrected chi connectivity index (χ0v) is 44.6. The van der Waals surface area contributed by atoms with Gasteiger partial charge < -0.3 is 39.8 Å². The molecule has 73 heavy (non-hydrogen) atoms. The summed E-state index contributed by atoms with van der Waals surface area (Å²) < 4.78 is 53.6. The van der Waals surface area contributed by atoms with Crippen molar-refractivity contribution in [2.75, 3.05) is 53.2 Å². The third-order valence-corrected chi connectivity index (χ3v) is 11.0. The van der Waals surface area contributed by atoms with Gasteiger partial charge in [-0.3, -0.25) is 19.7 Å². The van der Waals surface area contributed by atoms with Gasteiger partial charge in [-0.05, 0) is 107 Å². The van der Waals surface area contributed by atoms with Crippen LogP contribution in [0.3, 0.4) is 0 Å². The number of aryl methyl sites for hydroxylation is 2. The molecule has 0 bridgehead atoms. The van der Waals surface area contributed by atoms with E-state index in [4.69, 9.17) is 77.3 Å². The molecule has 0 fully saturated rings. The van der Waals surface area contributed by atoms with Gasteiger partial charge >= 0.3 is 12.1 Å². The van der Waals surface area contributed by atoms with Gasteiger partial charge in [0, 0.05) is 31.8 Å². The highest BCUT2D eigenvalue weighted by molar-refractivity contribution is 6.54. The number of aromatic carboxylic acids is 1. The standard InChI is InChI=1S/C15H22ClNO2.C14H7ClF3NO5.C11H11Cl2NO2.C8H14ClN5/c1-5-13-8-6-7-11(2)15(13)17(14(18)9-16)12(3)10-19-4;15-10-5-7(14(16,17)18)1-4-12(10)24-8-2-3-11(19(22)23)9(6-8)13(20)21;1-7-6-16-9-5-3-2-4-8(9)14(7)11(15)10(12)13;1-4-10-7-12-6(9)13-8(14-7)11-5(2)3/h6-8,12H,5,9-10H2,1-4H3;1-6H,(H,20,21);2-5,7,10H,6H2,1H3;5H,4H2,1-3H3,(H2,10,11,12,13,14). The van der Waals surface area contributed by atoms with Crippen LogP contribution >= 0.6 is 58.0 Å². The summed E-state index contributed by atoms with van der Waals surface area (Å²) >= 11 is 28.5. The number of carbonyl (C=O) groups excluding carboxylic acids is 2. The first-order chi connectivity index (χ1) is 34.4. The Hall–Kier alpha value is -5.90. The predicted octanol–water partition coefficient (Wildman–Crippen LogP) is 12.3. The number of halogens is 8. The summed E-state index contributed by atoms with van der Waals surface area (Å²) in [5, 5.41) is 25.6. The smallest absolute Gasteiger partial charge is 0.416 e. The average Bonchev–Trinajstić information content (AvgIpc) is 3.32. The number of fused-ring (bicyclic) bond motifs is 1. The summed E-state index contributed by atoms with van der Waals surface area (Å²) in [5.41, 5.74) is 1.68. The molecule has 1 aliphatic heterocycles. The maximum atomic E-state index is 12.6. The lowest BCUT2D eigenvalue weighted by atomic mass is 10.0. The van der Waals surface area contributed by atoms with Gasteiger partial charge in [-0.2, -0.15) is 28.1 Å². The molecule has 1 aliphatic rings. The van der Waals surface area contributed by atoms with E-state index in [9.17, 15) is 37.7 Å². The second kappa shape index (κ2) is 29.1. The Morgan fingerprint density at radius 3 is 2.22 bits per heavy atom. The van der Waals surface area contributed by atoms with Crippen molar-refractivity contribution >= 4 is 105 Å². The Bertz CT molecular complexity index is 2670. The van der Waals surface area contributed by atoms with Crippen LogP contribution < -0.4 is 29.9 Å². The van der Waals surface area contributed by atoms with Crippen molar-refractivity contribution in [3.05, 3.63) is 122 Å². The second-order valence-electron chi connectivity index (χ2n) is 15.8. The summed E-state index contributed by atoms with van der Waals surface area (Å²) in [6, 6.07) is 18.8. The molecule has 25 heteroatoms. The number of nitro groups is 1. The summed E-state index contributed by atoms with van der Waals surface area (Å²) in [6.45, 7) is 15.6. The number of anilines is 4. The highest BCUT2D eigenvalue weighted by atomic mass is 35.5. The largest absolute Gasteiger partial charge is 0.489 e. The van der Waals surface area contributed by atoms with Crippen LogP contribution in [0.1, 0.15) is 68.6 Å². The second-order valence-corrected chi connectivity index (χ2v) is 18.0. The topological polar surface area (TPSA) is 211 Å². The molecule has 0 aliphatic carbocycles. The zero-order valence-electron chi connectivity index (χ0n) is 40.8. The van der Waals surface area contributed by atoms with Crippen LogP contribution in [-0.4, -0.2) is 98.5 Å². The van der Waals surface area contributed by atoms with E-state index < -0.39 is 38.7 Å². The summed E-state index contributed by atoms with van der Waals surface area (Å²) in [7, 11) is 1.64. The van der Waals surface area contributed by atoms with Crippen LogP contribution in [0.15, 0.2) is 78.9 Å². The number of methoxy groups -OCH3 is 1. The van der Waals surface area contributed by atoms with Crippen LogP contribution in [0.25, 0.3) is 0 Å². The lowest BCUT2D eigenvalue weighted by molar-refractivity contribution is -0.385. The quantitative estimate of drug-likeness (QED) is 0.0506. The first-order valence-corrected chi connectivity index (χ1v) is 24.3. The molecular formula is C48H54Cl5F3N8O9. The maximum absolute atomic E-state index is 12.6. The lowest BCUT2D eigenvalue weighted by Gasteiger charge is -2.35. The normalized spacial score (nSPS) is 13.1. The van der Waals surface area contributed by atoms with E-state index in [0.717, 1.165) is 65.8 Å². The van der Waals surface area contributed by atoms with Gasteiger partial charge in [-0.25, -0.2) is 4.79 Å². The number of alkyl halides is 6. The van der Waals surface area contributed by atoms with E-state index in [1.165, 1.54) is 0 Å². The number of nitrogens with one attached hydrogen (secondary N) is 2. The molecule has 6 rings (SSSR count). The molecule has 2 atom stereocenters. The minimum Gasteiger partial charge on any atom is -0.489 e. The number of benzene rings is 4. The Labute approximate surface area is 445 Å². The van der Waals surface area contributed by atoms with E-state index >= 15 is 0 Å². The van der Waals surface area contributed by atoms with Gasteiger partial charge in [-0.15, -0.1) is 11.6 Å². The molecule has 2 amide bonds. The minimum atomic E-state index is -4.58. The van der Waals surface area contributed by atoms with Crippen molar-refractivity contribution in [2.24, 2.45) is 0 Å². The van der Waals surface area contributed by atoms with Crippen molar-refractivity contribution in [1.82, 2.24) is 15.0 Å². The summed E-state index contributed by atoms with van der Waals surface area (Å²) in [4.78, 5) is 59.3. The number of rotatable bonds is 15. The lowest BCUT2D eigenvalue weighted by Crippen LogP contribution is -2.47. The monoisotopic (exact) mass is 1120 g/mol. The molecule has 2 heterocycles. The van der Waals surface area contributed by atoms with Crippen LogP contribution in [0, 0.1) is 17.0 Å². The maximum Gasteiger partial charge on any atom is 0.416 e. The number of para-hydroxylation sites is 3. The highest BCUT2D eigenvalue weighted by Crippen LogP contribution is 2.38. The van der Waals surface area contributed by atoms with E-state index in [2.05, 4.69) is 38.6 Å². The van der Waals surface area contributed by atoms with E-state index in [1.54, 1.807) is 16.9 Å². The van der Waals surface area contributed by atoms with Gasteiger partial charge in [0.2, 0.25) is 23.1 Å². The third-order valence-electron chi connectivity index (χ3n) is 9.89. The van der Waals surface area contributed by atoms with Crippen LogP contribution in [0.4, 0.5) is 42.1 Å². The number of carboxylic acid groups (broad SMARTS) is 1. The van der Waals surface area contributed by atoms with Crippen molar-refractivity contribution in [1.29, 1.82) is 0 Å². The summed E-state index contributed by atoms with van der Waals surface area (Å²) in [6.07, 6.45) is -3.70. The summed E-state index contributed by atoms with van der Waals surface area (Å²) in [5.74, 6) is -0.581. The van der Waals surface area contributed by atoms with Crippen molar-refractivity contribution in [3.63, 3.8) is 0 Å². The first kappa shape index (κ1) is 61.4. The Balaban J connectivity index is 0.000000262. The molecule has 2 unspecified atom stereocenters. The molecule has 0 radical (unpaired) electrons. The van der Waals surface area contributed by atoms with Gasteiger partial charge in [0.25, 0.3) is 11.6 Å². The fourth-order valence-corrected chi connectivity index (χ4v) is 7.49. The van der Waals surface area contributed by atoms with Gasteiger partial charge in [0.05, 0.1) is 45.6 Å². The number of nitrogens with zero attached hydrogens (tertiary/aromatic N) is 6. The SMILES string of the molecule is CC1COc2ccccc2N1C(=O)C(Cl)Cl.CCNc1nc(Cl)nc(NC(C)C)n1.CCc1cccc(C)c1N(C(=O)CCl)C(C)COC.O=C(O)c1cc(Oc2ccc(C(F)(F)F)cc2Cl)ccc1[N+](=O)[O-]. The van der Waals surface area contributed by atoms with E-state index in [0.29, 0.717) is 36.9 Å². The molecule has 17 nitrogen and oxygen atoms in total. The predicted molar refractivity (Wildman–Crippen MR) is 279 cm³/mol. The number of aromatic nitrogens is 3. The van der Waals surface area contributed by atoms with Crippen LogP contribution in [0.5, 0.6) is 17.2 Å². The molecule has 0 spiro atoms. The Morgan fingerprint density at radius 2 is 1.66 bits per heavy atom. The van der Waals surface area contributed by atoms with Crippen LogP contribution in [-0.2, 0) is 26.9 Å². The van der Waals surface area contributed by atoms with E-state index in [-0.39, 0.29) is 57.6 Å². The van der Waals surface area contributed by atoms with Crippen molar-refractivity contribution in [3.8, 4) is 17.2 Å². The number of hydrogen-bond acceptors (Lipinski definition) is 13. The number of carbonyl (C=O) groups is 3. The number of amides is 2. The molecule has 0 saturated carbocycles. The van der Waals surface area contributed by atoms with Gasteiger partial charge in [-0.1, -0.05) is 72.1 Å². The Morgan fingerprint density at radius 1 is 0.986 bits per heavy atom. The van der Waals surface area contributed by atoms with Gasteiger partial charge in [0.1, 0.15) is 35.3 Å². The molecule has 4 aromatic carbocycles. The van der Waals surface area contributed by atoms with E-state index in [1.807, 2.05) is 77.9 Å². The number of ether oxygens (including phenoxy) is 3. The fourth-order valence-electron chi connectivity index (χ4n) is 6.77. The molecule has 5 aromatic rings. The molecule has 396 valence electrons. The fraction of sp³-hybridized carbons (Fsp3) is 0.375. The first-order valence-electron chi connectivity index (χ1n) is 22.1. The number of carboxylic acids is 1. The molecule has 1 aromatic heterocycles. The minimum absolute atomic E-state index is 0.0223.